The van der Waals surface area contributed by atoms with Crippen LogP contribution in [0.5, 0.6) is 0 Å². The maximum Gasteiger partial charge on any atom is 0.122 e. The molecule has 0 saturated heterocycles. The Morgan fingerprint density at radius 1 is 1.47 bits per heavy atom. The molecular weight excluding hydrogens is 214 g/mol. The molecule has 5 heteroatoms. The van der Waals surface area contributed by atoms with Crippen LogP contribution in [0.2, 0.25) is 0 Å². The van der Waals surface area contributed by atoms with E-state index in [9.17, 15) is 0 Å². The Morgan fingerprint density at radius 2 is 2.29 bits per heavy atom. The minimum Gasteiger partial charge on any atom is -0.337 e. The SMILES string of the molecule is CCn1cc(C(C)NCc2nccn2C)cn1. The van der Waals surface area contributed by atoms with Crippen LogP contribution in [-0.2, 0) is 20.1 Å². The molecule has 0 saturated carbocycles. The maximum atomic E-state index is 4.28. The van der Waals surface area contributed by atoms with Gasteiger partial charge in [-0.2, -0.15) is 5.10 Å². The van der Waals surface area contributed by atoms with Crippen LogP contribution in [0.1, 0.15) is 31.3 Å². The van der Waals surface area contributed by atoms with Gasteiger partial charge in [-0.3, -0.25) is 4.68 Å². The molecule has 0 spiro atoms. The van der Waals surface area contributed by atoms with Crippen LogP contribution in [-0.4, -0.2) is 19.3 Å². The quantitative estimate of drug-likeness (QED) is 0.851. The molecule has 0 bridgehead atoms. The lowest BCUT2D eigenvalue weighted by molar-refractivity contribution is 0.548. The first kappa shape index (κ1) is 11.9. The fourth-order valence-corrected chi connectivity index (χ4v) is 1.71. The molecule has 2 rings (SSSR count). The Kier molecular flexibility index (Phi) is 3.58. The van der Waals surface area contributed by atoms with Crippen molar-refractivity contribution >= 4 is 0 Å². The van der Waals surface area contributed by atoms with E-state index in [1.54, 1.807) is 0 Å². The van der Waals surface area contributed by atoms with E-state index in [-0.39, 0.29) is 6.04 Å². The van der Waals surface area contributed by atoms with Gasteiger partial charge in [-0.05, 0) is 13.8 Å². The van der Waals surface area contributed by atoms with E-state index in [1.807, 2.05) is 34.9 Å². The summed E-state index contributed by atoms with van der Waals surface area (Å²) in [6.45, 7) is 5.90. The number of aryl methyl sites for hydroxylation is 2. The average molecular weight is 233 g/mol. The van der Waals surface area contributed by atoms with Crippen LogP contribution in [0.3, 0.4) is 0 Å². The van der Waals surface area contributed by atoms with Crippen LogP contribution < -0.4 is 5.32 Å². The molecule has 2 heterocycles. The van der Waals surface area contributed by atoms with Crippen LogP contribution in [0.4, 0.5) is 0 Å². The van der Waals surface area contributed by atoms with Crippen molar-refractivity contribution in [1.82, 2.24) is 24.6 Å². The molecule has 5 nitrogen and oxygen atoms in total. The van der Waals surface area contributed by atoms with Gasteiger partial charge < -0.3 is 9.88 Å². The molecule has 17 heavy (non-hydrogen) atoms. The largest absolute Gasteiger partial charge is 0.337 e. The van der Waals surface area contributed by atoms with Gasteiger partial charge >= 0.3 is 0 Å². The van der Waals surface area contributed by atoms with Crippen molar-refractivity contribution < 1.29 is 0 Å². The second kappa shape index (κ2) is 5.14. The van der Waals surface area contributed by atoms with Gasteiger partial charge in [-0.25, -0.2) is 4.98 Å². The lowest BCUT2D eigenvalue weighted by Crippen LogP contribution is -2.19. The Hall–Kier alpha value is -1.62. The highest BCUT2D eigenvalue weighted by Gasteiger charge is 2.08. The highest BCUT2D eigenvalue weighted by molar-refractivity contribution is 5.09. The fraction of sp³-hybridized carbons (Fsp3) is 0.500. The highest BCUT2D eigenvalue weighted by Crippen LogP contribution is 2.11. The third kappa shape index (κ3) is 2.74. The number of nitrogens with one attached hydrogen (secondary N) is 1. The van der Waals surface area contributed by atoms with Crippen molar-refractivity contribution in [2.45, 2.75) is 33.0 Å². The van der Waals surface area contributed by atoms with E-state index in [4.69, 9.17) is 0 Å². The van der Waals surface area contributed by atoms with Gasteiger partial charge in [0, 0.05) is 43.8 Å². The molecular formula is C12H19N5. The zero-order chi connectivity index (χ0) is 12.3. The zero-order valence-corrected chi connectivity index (χ0v) is 10.6. The summed E-state index contributed by atoms with van der Waals surface area (Å²) in [6.07, 6.45) is 7.77. The third-order valence-electron chi connectivity index (χ3n) is 2.96. The topological polar surface area (TPSA) is 47.7 Å². The van der Waals surface area contributed by atoms with Crippen LogP contribution in [0.15, 0.2) is 24.8 Å². The van der Waals surface area contributed by atoms with E-state index in [1.165, 1.54) is 5.56 Å². The molecule has 1 N–H and O–H groups in total. The van der Waals surface area contributed by atoms with Gasteiger partial charge in [0.2, 0.25) is 0 Å². The maximum absolute atomic E-state index is 4.28. The molecule has 2 aromatic rings. The van der Waals surface area contributed by atoms with Crippen molar-refractivity contribution in [3.63, 3.8) is 0 Å². The third-order valence-corrected chi connectivity index (χ3v) is 2.96. The Balaban J connectivity index is 1.93. The molecule has 1 atom stereocenters. The van der Waals surface area contributed by atoms with Gasteiger partial charge in [0.15, 0.2) is 0 Å². The standard InChI is InChI=1S/C12H19N5/c1-4-17-9-11(7-15-17)10(2)14-8-12-13-5-6-16(12)3/h5-7,9-10,14H,4,8H2,1-3H3. The lowest BCUT2D eigenvalue weighted by Gasteiger charge is -2.11. The molecule has 0 aliphatic heterocycles. The molecule has 0 aromatic carbocycles. The first-order valence-corrected chi connectivity index (χ1v) is 5.92. The number of imidazole rings is 1. The Morgan fingerprint density at radius 3 is 2.88 bits per heavy atom. The molecule has 0 aliphatic carbocycles. The van der Waals surface area contributed by atoms with Crippen molar-refractivity contribution in [1.29, 1.82) is 0 Å². The van der Waals surface area contributed by atoms with Crippen molar-refractivity contribution in [3.05, 3.63) is 36.2 Å². The number of aromatic nitrogens is 4. The average Bonchev–Trinajstić information content (AvgIpc) is 2.94. The van der Waals surface area contributed by atoms with Crippen LogP contribution in [0.25, 0.3) is 0 Å². The highest BCUT2D eigenvalue weighted by atomic mass is 15.3. The number of nitrogens with zero attached hydrogens (tertiary/aromatic N) is 4. The predicted octanol–water partition coefficient (Wildman–Crippen LogP) is 1.49. The van der Waals surface area contributed by atoms with Crippen LogP contribution >= 0.6 is 0 Å². The van der Waals surface area contributed by atoms with Gasteiger partial charge in [0.05, 0.1) is 12.7 Å². The summed E-state index contributed by atoms with van der Waals surface area (Å²) >= 11 is 0. The van der Waals surface area contributed by atoms with Crippen LogP contribution in [0, 0.1) is 0 Å². The molecule has 92 valence electrons. The van der Waals surface area contributed by atoms with Crippen molar-refractivity contribution in [2.24, 2.45) is 7.05 Å². The first-order chi connectivity index (χ1) is 8.20. The Labute approximate surface area is 101 Å². The van der Waals surface area contributed by atoms with Gasteiger partial charge in [-0.15, -0.1) is 0 Å². The summed E-state index contributed by atoms with van der Waals surface area (Å²) in [5, 5.41) is 7.72. The molecule has 0 fully saturated rings. The normalized spacial score (nSPS) is 12.9. The fourth-order valence-electron chi connectivity index (χ4n) is 1.71. The summed E-state index contributed by atoms with van der Waals surface area (Å²) < 4.78 is 3.96. The first-order valence-electron chi connectivity index (χ1n) is 5.92. The van der Waals surface area contributed by atoms with Gasteiger partial charge in [0.25, 0.3) is 0 Å². The number of rotatable bonds is 5. The smallest absolute Gasteiger partial charge is 0.122 e. The van der Waals surface area contributed by atoms with Gasteiger partial charge in [0.1, 0.15) is 5.82 Å². The summed E-state index contributed by atoms with van der Waals surface area (Å²) in [5.41, 5.74) is 1.21. The number of hydrogen-bond donors (Lipinski definition) is 1. The lowest BCUT2D eigenvalue weighted by atomic mass is 10.2. The minimum atomic E-state index is 0.284. The van der Waals surface area contributed by atoms with Crippen molar-refractivity contribution in [2.75, 3.05) is 0 Å². The molecule has 0 amide bonds. The van der Waals surface area contributed by atoms with E-state index >= 15 is 0 Å². The Bertz CT molecular complexity index is 471. The van der Waals surface area contributed by atoms with E-state index in [0.717, 1.165) is 18.9 Å². The molecule has 0 aliphatic rings. The monoisotopic (exact) mass is 233 g/mol. The summed E-state index contributed by atoms with van der Waals surface area (Å²) in [7, 11) is 2.00. The summed E-state index contributed by atoms with van der Waals surface area (Å²) in [4.78, 5) is 4.28. The molecule has 2 aromatic heterocycles. The second-order valence-corrected chi connectivity index (χ2v) is 4.19. The summed E-state index contributed by atoms with van der Waals surface area (Å²) in [6, 6.07) is 0.284. The van der Waals surface area contributed by atoms with E-state index in [2.05, 4.69) is 35.4 Å². The molecule has 1 unspecified atom stereocenters. The predicted molar refractivity (Wildman–Crippen MR) is 66.4 cm³/mol. The minimum absolute atomic E-state index is 0.284. The van der Waals surface area contributed by atoms with E-state index in [0.29, 0.717) is 0 Å². The second-order valence-electron chi connectivity index (χ2n) is 4.19. The van der Waals surface area contributed by atoms with E-state index < -0.39 is 0 Å². The zero-order valence-electron chi connectivity index (χ0n) is 10.6. The number of hydrogen-bond acceptors (Lipinski definition) is 3. The summed E-state index contributed by atoms with van der Waals surface area (Å²) in [5.74, 6) is 1.04. The van der Waals surface area contributed by atoms with Gasteiger partial charge in [-0.1, -0.05) is 0 Å². The van der Waals surface area contributed by atoms with Crippen molar-refractivity contribution in [3.8, 4) is 0 Å². The molecule has 0 radical (unpaired) electrons.